The molecule has 3 heterocycles. The number of nitrogens with two attached hydrogens (primary N) is 1. The molecule has 2 N–H and O–H groups in total. The maximum atomic E-state index is 12.6. The number of amides is 3. The molecule has 3 rings (SSSR count). The van der Waals surface area contributed by atoms with E-state index in [0.717, 1.165) is 5.69 Å². The van der Waals surface area contributed by atoms with Crippen LogP contribution in [-0.2, 0) is 27.4 Å². The molecule has 0 aliphatic carbocycles. The van der Waals surface area contributed by atoms with Crippen molar-refractivity contribution >= 4 is 23.6 Å². The molecule has 3 amide bonds. The van der Waals surface area contributed by atoms with Gasteiger partial charge in [0.05, 0.1) is 42.1 Å². The standard InChI is InChI=1S/C18H27N5O4/c1-11-8-23-13(9-21(11)16(26)27-17(2,3)4)12(7-20-23)22-10-18(5,15(19)25)6-14(22)24/h7,11H,6,8-10H2,1-5H3,(H2,19,25)/t11-,18?/m0/s1. The SMILES string of the molecule is C[C@H]1Cn2ncc(N3CC(C)(C(N)=O)CC3=O)c2CN1C(=O)OC(C)(C)C. The van der Waals surface area contributed by atoms with Crippen molar-refractivity contribution < 1.29 is 19.1 Å². The number of primary amides is 1. The summed E-state index contributed by atoms with van der Waals surface area (Å²) < 4.78 is 7.31. The number of fused-ring (bicyclic) bond motifs is 1. The summed E-state index contributed by atoms with van der Waals surface area (Å²) in [5.41, 5.74) is 5.35. The van der Waals surface area contributed by atoms with Crippen molar-refractivity contribution in [1.82, 2.24) is 14.7 Å². The second-order valence-corrected chi connectivity index (χ2v) is 8.70. The Morgan fingerprint density at radius 3 is 2.59 bits per heavy atom. The predicted molar refractivity (Wildman–Crippen MR) is 97.7 cm³/mol. The molecule has 1 aromatic heterocycles. The number of ether oxygens (including phenoxy) is 1. The molecule has 1 fully saturated rings. The van der Waals surface area contributed by atoms with Gasteiger partial charge in [-0.1, -0.05) is 0 Å². The number of hydrogen-bond donors (Lipinski definition) is 1. The van der Waals surface area contributed by atoms with Crippen LogP contribution in [0.5, 0.6) is 0 Å². The molecular formula is C18H27N5O4. The molecule has 0 spiro atoms. The minimum Gasteiger partial charge on any atom is -0.444 e. The lowest BCUT2D eigenvalue weighted by atomic mass is 9.89. The topological polar surface area (TPSA) is 111 Å². The normalized spacial score (nSPS) is 25.5. The zero-order valence-electron chi connectivity index (χ0n) is 16.5. The zero-order valence-corrected chi connectivity index (χ0v) is 16.5. The van der Waals surface area contributed by atoms with E-state index in [9.17, 15) is 14.4 Å². The summed E-state index contributed by atoms with van der Waals surface area (Å²) in [5, 5.41) is 4.37. The van der Waals surface area contributed by atoms with Gasteiger partial charge in [0.25, 0.3) is 0 Å². The highest BCUT2D eigenvalue weighted by Gasteiger charge is 2.46. The summed E-state index contributed by atoms with van der Waals surface area (Å²) in [5.74, 6) is -0.669. The van der Waals surface area contributed by atoms with Gasteiger partial charge in [0.2, 0.25) is 11.8 Å². The van der Waals surface area contributed by atoms with Gasteiger partial charge in [-0.15, -0.1) is 0 Å². The molecule has 2 aliphatic rings. The van der Waals surface area contributed by atoms with Crippen LogP contribution >= 0.6 is 0 Å². The molecule has 1 unspecified atom stereocenters. The summed E-state index contributed by atoms with van der Waals surface area (Å²) in [6.07, 6.45) is 1.29. The third-order valence-electron chi connectivity index (χ3n) is 5.08. The van der Waals surface area contributed by atoms with Crippen LogP contribution in [0.3, 0.4) is 0 Å². The molecule has 9 heteroatoms. The average Bonchev–Trinajstić information content (AvgIpc) is 3.05. The Bertz CT molecular complexity index is 796. The van der Waals surface area contributed by atoms with Crippen LogP contribution in [0.1, 0.15) is 46.7 Å². The lowest BCUT2D eigenvalue weighted by Gasteiger charge is -2.36. The number of carbonyl (C=O) groups excluding carboxylic acids is 3. The molecule has 2 aliphatic heterocycles. The quantitative estimate of drug-likeness (QED) is 0.834. The first-order valence-corrected chi connectivity index (χ1v) is 9.06. The van der Waals surface area contributed by atoms with Crippen LogP contribution in [-0.4, -0.2) is 50.8 Å². The molecule has 148 valence electrons. The molecule has 0 radical (unpaired) electrons. The van der Waals surface area contributed by atoms with Crippen molar-refractivity contribution in [3.63, 3.8) is 0 Å². The van der Waals surface area contributed by atoms with E-state index in [-0.39, 0.29) is 31.5 Å². The Kier molecular flexibility index (Phi) is 4.44. The Labute approximate surface area is 158 Å². The predicted octanol–water partition coefficient (Wildman–Crippen LogP) is 1.25. The van der Waals surface area contributed by atoms with Gasteiger partial charge in [0, 0.05) is 13.0 Å². The molecular weight excluding hydrogens is 350 g/mol. The van der Waals surface area contributed by atoms with Crippen LogP contribution in [0.2, 0.25) is 0 Å². The van der Waals surface area contributed by atoms with Crippen molar-refractivity contribution in [3.8, 4) is 0 Å². The summed E-state index contributed by atoms with van der Waals surface area (Å²) in [7, 11) is 0. The molecule has 0 bridgehead atoms. The van der Waals surface area contributed by atoms with Crippen LogP contribution in [0.25, 0.3) is 0 Å². The van der Waals surface area contributed by atoms with Crippen molar-refractivity contribution in [2.45, 2.75) is 65.8 Å². The minimum absolute atomic E-state index is 0.0686. The Balaban J connectivity index is 1.87. The fourth-order valence-electron chi connectivity index (χ4n) is 3.48. The Morgan fingerprint density at radius 1 is 1.37 bits per heavy atom. The third kappa shape index (κ3) is 3.50. The smallest absolute Gasteiger partial charge is 0.410 e. The first-order valence-electron chi connectivity index (χ1n) is 9.06. The van der Waals surface area contributed by atoms with Crippen molar-refractivity contribution in [2.24, 2.45) is 11.1 Å². The van der Waals surface area contributed by atoms with Crippen LogP contribution < -0.4 is 10.6 Å². The van der Waals surface area contributed by atoms with E-state index >= 15 is 0 Å². The summed E-state index contributed by atoms with van der Waals surface area (Å²) >= 11 is 0. The van der Waals surface area contributed by atoms with Crippen LogP contribution in [0.15, 0.2) is 6.20 Å². The molecule has 0 aromatic carbocycles. The van der Waals surface area contributed by atoms with Gasteiger partial charge in [0.15, 0.2) is 0 Å². The van der Waals surface area contributed by atoms with Crippen LogP contribution in [0, 0.1) is 5.41 Å². The number of rotatable bonds is 2. The average molecular weight is 377 g/mol. The fourth-order valence-corrected chi connectivity index (χ4v) is 3.48. The lowest BCUT2D eigenvalue weighted by Crippen LogP contribution is -2.47. The van der Waals surface area contributed by atoms with Crippen molar-refractivity contribution in [3.05, 3.63) is 11.9 Å². The molecule has 0 saturated carbocycles. The number of carbonyl (C=O) groups is 3. The van der Waals surface area contributed by atoms with Crippen molar-refractivity contribution in [1.29, 1.82) is 0 Å². The monoisotopic (exact) mass is 377 g/mol. The van der Waals surface area contributed by atoms with Gasteiger partial charge < -0.3 is 15.4 Å². The Hall–Kier alpha value is -2.58. The maximum absolute atomic E-state index is 12.6. The number of aromatic nitrogens is 2. The number of nitrogens with zero attached hydrogens (tertiary/aromatic N) is 4. The Morgan fingerprint density at radius 2 is 2.04 bits per heavy atom. The summed E-state index contributed by atoms with van der Waals surface area (Å²) in [6.45, 7) is 10.1. The first-order chi connectivity index (χ1) is 12.4. The minimum atomic E-state index is -0.904. The lowest BCUT2D eigenvalue weighted by molar-refractivity contribution is -0.128. The number of hydrogen-bond acceptors (Lipinski definition) is 5. The van der Waals surface area contributed by atoms with Gasteiger partial charge in [-0.3, -0.25) is 19.2 Å². The summed E-state index contributed by atoms with van der Waals surface area (Å²) in [6, 6.07) is -0.0923. The van der Waals surface area contributed by atoms with E-state index in [4.69, 9.17) is 10.5 Å². The molecule has 2 atom stereocenters. The molecule has 27 heavy (non-hydrogen) atoms. The highest BCUT2D eigenvalue weighted by molar-refractivity contribution is 6.02. The number of anilines is 1. The maximum Gasteiger partial charge on any atom is 0.410 e. The summed E-state index contributed by atoms with van der Waals surface area (Å²) in [4.78, 5) is 40.0. The molecule has 1 saturated heterocycles. The highest BCUT2D eigenvalue weighted by atomic mass is 16.6. The highest BCUT2D eigenvalue weighted by Crippen LogP contribution is 2.37. The molecule has 9 nitrogen and oxygen atoms in total. The van der Waals surface area contributed by atoms with Crippen LogP contribution in [0.4, 0.5) is 10.5 Å². The van der Waals surface area contributed by atoms with E-state index in [1.807, 2.05) is 27.7 Å². The van der Waals surface area contributed by atoms with E-state index in [0.29, 0.717) is 12.2 Å². The van der Waals surface area contributed by atoms with E-state index in [1.54, 1.807) is 27.6 Å². The van der Waals surface area contributed by atoms with E-state index in [1.165, 1.54) is 0 Å². The first kappa shape index (κ1) is 19.2. The largest absolute Gasteiger partial charge is 0.444 e. The fraction of sp³-hybridized carbons (Fsp3) is 0.667. The van der Waals surface area contributed by atoms with E-state index < -0.39 is 23.0 Å². The van der Waals surface area contributed by atoms with Gasteiger partial charge in [-0.2, -0.15) is 5.10 Å². The van der Waals surface area contributed by atoms with Gasteiger partial charge in [-0.05, 0) is 34.6 Å². The van der Waals surface area contributed by atoms with E-state index in [2.05, 4.69) is 5.10 Å². The van der Waals surface area contributed by atoms with Gasteiger partial charge >= 0.3 is 6.09 Å². The zero-order chi connectivity index (χ0) is 20.1. The van der Waals surface area contributed by atoms with Crippen molar-refractivity contribution in [2.75, 3.05) is 11.4 Å². The van der Waals surface area contributed by atoms with Gasteiger partial charge in [0.1, 0.15) is 5.60 Å². The van der Waals surface area contributed by atoms with Gasteiger partial charge in [-0.25, -0.2) is 4.79 Å². The second kappa shape index (κ2) is 6.24. The second-order valence-electron chi connectivity index (χ2n) is 8.70. The molecule has 1 aromatic rings. The third-order valence-corrected chi connectivity index (χ3v) is 5.08.